The largest absolute Gasteiger partial charge is 0.501 e. The number of piperidine rings is 1. The van der Waals surface area contributed by atoms with Crippen molar-refractivity contribution >= 4 is 5.97 Å². The molecule has 116 valence electrons. The number of nitrogens with zero attached hydrogens (tertiary/aromatic N) is 1. The summed E-state index contributed by atoms with van der Waals surface area (Å²) in [5.41, 5.74) is 0.632. The Morgan fingerprint density at radius 2 is 1.80 bits per heavy atom. The van der Waals surface area contributed by atoms with Crippen LogP contribution in [0.1, 0.15) is 53.9 Å². The van der Waals surface area contributed by atoms with E-state index in [9.17, 15) is 4.79 Å². The number of carboxylic acid groups (broad SMARTS) is 1. The Morgan fingerprint density at radius 1 is 1.30 bits per heavy atom. The molecule has 1 aliphatic heterocycles. The molecule has 0 bridgehead atoms. The van der Waals surface area contributed by atoms with E-state index in [1.807, 2.05) is 0 Å². The lowest BCUT2D eigenvalue weighted by Gasteiger charge is -2.53. The smallest absolute Gasteiger partial charge is 0.334 e. The molecule has 1 heterocycles. The number of likely N-dealkylation sites (tertiary alicyclic amines) is 1. The molecule has 0 saturated carbocycles. The van der Waals surface area contributed by atoms with Gasteiger partial charge >= 0.3 is 5.97 Å². The number of carboxylic acids is 1. The normalized spacial score (nSPS) is 23.6. The van der Waals surface area contributed by atoms with Crippen LogP contribution in [0.25, 0.3) is 0 Å². The first kappa shape index (κ1) is 17.0. The average Bonchev–Trinajstić information content (AvgIpc) is 2.30. The standard InChI is InChI=1S/C16H29NO3/c1-12(14(18)19)11-20-8-7-13-9-15(2,3)17(6)16(4,5)10-13/h11,13H,7-10H2,1-6H3,(H,18,19). The fourth-order valence-electron chi connectivity index (χ4n) is 3.25. The fourth-order valence-corrected chi connectivity index (χ4v) is 3.25. The van der Waals surface area contributed by atoms with Gasteiger partial charge in [0.25, 0.3) is 0 Å². The molecule has 1 N–H and O–H groups in total. The molecule has 1 rings (SSSR count). The van der Waals surface area contributed by atoms with Gasteiger partial charge in [-0.1, -0.05) is 0 Å². The molecule has 1 saturated heterocycles. The first-order valence-electron chi connectivity index (χ1n) is 7.32. The van der Waals surface area contributed by atoms with Crippen LogP contribution in [0.15, 0.2) is 11.8 Å². The van der Waals surface area contributed by atoms with Gasteiger partial charge in [-0.05, 0) is 66.8 Å². The summed E-state index contributed by atoms with van der Waals surface area (Å²) < 4.78 is 5.37. The van der Waals surface area contributed by atoms with Gasteiger partial charge in [-0.25, -0.2) is 4.79 Å². The van der Waals surface area contributed by atoms with Crippen molar-refractivity contribution in [3.63, 3.8) is 0 Å². The van der Waals surface area contributed by atoms with E-state index in [0.717, 1.165) is 19.3 Å². The minimum Gasteiger partial charge on any atom is -0.501 e. The minimum atomic E-state index is -0.924. The Morgan fingerprint density at radius 3 is 2.25 bits per heavy atom. The molecule has 0 aromatic rings. The molecule has 1 fully saturated rings. The fraction of sp³-hybridized carbons (Fsp3) is 0.812. The molecule has 4 heteroatoms. The van der Waals surface area contributed by atoms with E-state index in [4.69, 9.17) is 9.84 Å². The van der Waals surface area contributed by atoms with Crippen LogP contribution in [0.5, 0.6) is 0 Å². The van der Waals surface area contributed by atoms with Gasteiger partial charge in [-0.15, -0.1) is 0 Å². The Kier molecular flexibility index (Phi) is 5.25. The molecule has 0 unspecified atom stereocenters. The molecule has 0 aliphatic carbocycles. The lowest BCUT2D eigenvalue weighted by molar-refractivity contribution is -0.132. The molecule has 0 spiro atoms. The average molecular weight is 283 g/mol. The van der Waals surface area contributed by atoms with Gasteiger partial charge in [0, 0.05) is 11.1 Å². The highest BCUT2D eigenvalue weighted by Crippen LogP contribution is 2.41. The van der Waals surface area contributed by atoms with Crippen molar-refractivity contribution in [3.8, 4) is 0 Å². The van der Waals surface area contributed by atoms with E-state index >= 15 is 0 Å². The van der Waals surface area contributed by atoms with E-state index in [-0.39, 0.29) is 16.7 Å². The van der Waals surface area contributed by atoms with Gasteiger partial charge < -0.3 is 9.84 Å². The van der Waals surface area contributed by atoms with Crippen molar-refractivity contribution in [2.45, 2.75) is 65.0 Å². The number of aliphatic carboxylic acids is 1. The van der Waals surface area contributed by atoms with E-state index in [1.54, 1.807) is 6.92 Å². The zero-order valence-electron chi connectivity index (χ0n) is 13.7. The molecule has 0 amide bonds. The predicted molar refractivity (Wildman–Crippen MR) is 80.6 cm³/mol. The van der Waals surface area contributed by atoms with Crippen molar-refractivity contribution in [1.82, 2.24) is 4.90 Å². The topological polar surface area (TPSA) is 49.8 Å². The van der Waals surface area contributed by atoms with Crippen molar-refractivity contribution in [2.75, 3.05) is 13.7 Å². The second-order valence-corrected chi connectivity index (χ2v) is 7.22. The summed E-state index contributed by atoms with van der Waals surface area (Å²) in [6.45, 7) is 11.3. The second kappa shape index (κ2) is 6.17. The SMILES string of the molecule is CC(=COCCC1CC(C)(C)N(C)C(C)(C)C1)C(=O)O. The minimum absolute atomic E-state index is 0.194. The molecule has 0 aromatic heterocycles. The maximum Gasteiger partial charge on any atom is 0.334 e. The summed E-state index contributed by atoms with van der Waals surface area (Å²) >= 11 is 0. The maximum absolute atomic E-state index is 10.6. The summed E-state index contributed by atoms with van der Waals surface area (Å²) in [5, 5.41) is 8.74. The highest BCUT2D eigenvalue weighted by atomic mass is 16.5. The van der Waals surface area contributed by atoms with Crippen LogP contribution < -0.4 is 0 Å². The van der Waals surface area contributed by atoms with Gasteiger partial charge in [0.1, 0.15) is 0 Å². The van der Waals surface area contributed by atoms with Gasteiger partial charge in [-0.3, -0.25) is 4.90 Å². The molecule has 0 radical (unpaired) electrons. The summed E-state index contributed by atoms with van der Waals surface area (Å²) in [5.74, 6) is -0.304. The molecule has 1 aliphatic rings. The van der Waals surface area contributed by atoms with Crippen LogP contribution in [0.3, 0.4) is 0 Å². The highest BCUT2D eigenvalue weighted by molar-refractivity contribution is 5.85. The summed E-state index contributed by atoms with van der Waals surface area (Å²) in [4.78, 5) is 13.1. The van der Waals surface area contributed by atoms with Gasteiger partial charge in [0.15, 0.2) is 0 Å². The predicted octanol–water partition coefficient (Wildman–Crippen LogP) is 3.28. The third kappa shape index (κ3) is 4.23. The molecular formula is C16H29NO3. The summed E-state index contributed by atoms with van der Waals surface area (Å²) in [6.07, 6.45) is 4.63. The molecule has 4 nitrogen and oxygen atoms in total. The number of hydrogen-bond acceptors (Lipinski definition) is 3. The van der Waals surface area contributed by atoms with E-state index < -0.39 is 5.97 Å². The number of hydrogen-bond donors (Lipinski definition) is 1. The third-order valence-electron chi connectivity index (χ3n) is 4.63. The maximum atomic E-state index is 10.6. The van der Waals surface area contributed by atoms with Gasteiger partial charge in [0.05, 0.1) is 18.4 Å². The summed E-state index contributed by atoms with van der Waals surface area (Å²) in [6, 6.07) is 0. The van der Waals surface area contributed by atoms with E-state index in [0.29, 0.717) is 12.5 Å². The lowest BCUT2D eigenvalue weighted by Crippen LogP contribution is -2.58. The monoisotopic (exact) mass is 283 g/mol. The second-order valence-electron chi connectivity index (χ2n) is 7.22. The van der Waals surface area contributed by atoms with Crippen molar-refractivity contribution in [2.24, 2.45) is 5.92 Å². The molecule has 0 aromatic carbocycles. The molecule has 0 atom stereocenters. The van der Waals surface area contributed by atoms with Crippen LogP contribution in [-0.4, -0.2) is 40.7 Å². The molecular weight excluding hydrogens is 254 g/mol. The van der Waals surface area contributed by atoms with Crippen LogP contribution in [0, 0.1) is 5.92 Å². The first-order chi connectivity index (χ1) is 9.06. The van der Waals surface area contributed by atoms with Crippen LogP contribution >= 0.6 is 0 Å². The first-order valence-corrected chi connectivity index (χ1v) is 7.32. The van der Waals surface area contributed by atoms with Gasteiger partial charge in [-0.2, -0.15) is 0 Å². The van der Waals surface area contributed by atoms with E-state index in [2.05, 4.69) is 39.6 Å². The van der Waals surface area contributed by atoms with Crippen molar-refractivity contribution in [1.29, 1.82) is 0 Å². The van der Waals surface area contributed by atoms with E-state index in [1.165, 1.54) is 6.26 Å². The van der Waals surface area contributed by atoms with Gasteiger partial charge in [0.2, 0.25) is 0 Å². The van der Waals surface area contributed by atoms with Crippen molar-refractivity contribution < 1.29 is 14.6 Å². The quantitative estimate of drug-likeness (QED) is 0.478. The summed E-state index contributed by atoms with van der Waals surface area (Å²) in [7, 11) is 2.20. The Labute approximate surface area is 122 Å². The highest BCUT2D eigenvalue weighted by Gasteiger charge is 2.42. The van der Waals surface area contributed by atoms with Crippen LogP contribution in [0.4, 0.5) is 0 Å². The van der Waals surface area contributed by atoms with Crippen molar-refractivity contribution in [3.05, 3.63) is 11.8 Å². The third-order valence-corrected chi connectivity index (χ3v) is 4.63. The van der Waals surface area contributed by atoms with Crippen LogP contribution in [0.2, 0.25) is 0 Å². The van der Waals surface area contributed by atoms with Crippen LogP contribution in [-0.2, 0) is 9.53 Å². The Hall–Kier alpha value is -1.03. The number of carbonyl (C=O) groups is 1. The Bertz CT molecular complexity index is 367. The zero-order valence-corrected chi connectivity index (χ0v) is 13.7. The number of rotatable bonds is 5. The lowest BCUT2D eigenvalue weighted by atomic mass is 9.73. The Balaban J connectivity index is 2.50. The zero-order chi connectivity index (χ0) is 15.6. The number of ether oxygens (including phenoxy) is 1. The molecule has 20 heavy (non-hydrogen) atoms.